The zero-order valence-electron chi connectivity index (χ0n) is 23.1. The standard InChI is InChI=1S/C27H35N3O3S.C2H2O4/c1-20-29-23(19-34-20)18-33-26-12-7-21(15-27(26)32-3)16-28-17-25(30-13-5-4-6-14-30)22-8-10-24(31-2)11-9-22;3-1(4)2(5)6/h7-12,15,19,25,28H,4-6,13-14,16-18H2,1-3H3;(H,3,4)(H,5,6). The van der Waals surface area contributed by atoms with Crippen molar-refractivity contribution in [2.75, 3.05) is 33.9 Å². The lowest BCUT2D eigenvalue weighted by Crippen LogP contribution is -2.39. The summed E-state index contributed by atoms with van der Waals surface area (Å²) in [6.45, 7) is 6.39. The summed E-state index contributed by atoms with van der Waals surface area (Å²) < 4.78 is 16.9. The molecule has 3 N–H and O–H groups in total. The Kier molecular flexibility index (Phi) is 12.2. The number of carboxylic acid groups (broad SMARTS) is 2. The van der Waals surface area contributed by atoms with Crippen molar-refractivity contribution in [3.8, 4) is 17.2 Å². The molecule has 1 aliphatic rings. The van der Waals surface area contributed by atoms with Crippen molar-refractivity contribution in [3.63, 3.8) is 0 Å². The monoisotopic (exact) mass is 571 g/mol. The fourth-order valence-corrected chi connectivity index (χ4v) is 5.03. The molecule has 0 amide bonds. The third-order valence-electron chi connectivity index (χ3n) is 6.45. The van der Waals surface area contributed by atoms with Crippen molar-refractivity contribution in [2.24, 2.45) is 0 Å². The van der Waals surface area contributed by atoms with Crippen molar-refractivity contribution in [3.05, 3.63) is 69.7 Å². The first-order valence-corrected chi connectivity index (χ1v) is 13.9. The molecule has 40 heavy (non-hydrogen) atoms. The van der Waals surface area contributed by atoms with Gasteiger partial charge in [-0.25, -0.2) is 14.6 Å². The second-order valence-electron chi connectivity index (χ2n) is 9.26. The first-order chi connectivity index (χ1) is 19.3. The molecule has 0 radical (unpaired) electrons. The molecule has 0 aliphatic carbocycles. The number of rotatable bonds is 11. The molecule has 216 valence electrons. The molecule has 1 aromatic heterocycles. The lowest BCUT2D eigenvalue weighted by Gasteiger charge is -2.35. The number of nitrogens with zero attached hydrogens (tertiary/aromatic N) is 2. The number of likely N-dealkylation sites (tertiary alicyclic amines) is 1. The van der Waals surface area contributed by atoms with Gasteiger partial charge in [0.25, 0.3) is 0 Å². The predicted octanol–water partition coefficient (Wildman–Crippen LogP) is 4.52. The van der Waals surface area contributed by atoms with E-state index in [4.69, 9.17) is 34.0 Å². The summed E-state index contributed by atoms with van der Waals surface area (Å²) in [5.41, 5.74) is 3.44. The molecule has 0 spiro atoms. The van der Waals surface area contributed by atoms with E-state index in [0.717, 1.165) is 54.1 Å². The van der Waals surface area contributed by atoms with E-state index in [9.17, 15) is 0 Å². The van der Waals surface area contributed by atoms with E-state index in [1.165, 1.54) is 30.4 Å². The number of piperidine rings is 1. The molecule has 4 rings (SSSR count). The fraction of sp³-hybridized carbons (Fsp3) is 0.414. The van der Waals surface area contributed by atoms with Gasteiger partial charge in [-0.15, -0.1) is 11.3 Å². The van der Waals surface area contributed by atoms with Gasteiger partial charge in [0.05, 0.1) is 24.9 Å². The Morgan fingerprint density at radius 3 is 2.27 bits per heavy atom. The molecule has 0 bridgehead atoms. The van der Waals surface area contributed by atoms with Crippen molar-refractivity contribution < 1.29 is 34.0 Å². The van der Waals surface area contributed by atoms with Crippen LogP contribution >= 0.6 is 11.3 Å². The quantitative estimate of drug-likeness (QED) is 0.282. The van der Waals surface area contributed by atoms with Crippen LogP contribution in [0.4, 0.5) is 0 Å². The van der Waals surface area contributed by atoms with E-state index in [1.54, 1.807) is 25.6 Å². The molecule has 10 nitrogen and oxygen atoms in total. The minimum absolute atomic E-state index is 0.345. The van der Waals surface area contributed by atoms with Crippen LogP contribution in [0.25, 0.3) is 0 Å². The Labute approximate surface area is 238 Å². The number of hydrogen-bond acceptors (Lipinski definition) is 9. The molecule has 2 heterocycles. The van der Waals surface area contributed by atoms with Gasteiger partial charge in [-0.05, 0) is 68.2 Å². The van der Waals surface area contributed by atoms with Crippen LogP contribution in [-0.2, 0) is 22.7 Å². The Morgan fingerprint density at radius 1 is 1.00 bits per heavy atom. The van der Waals surface area contributed by atoms with Gasteiger partial charge >= 0.3 is 11.9 Å². The number of hydrogen-bond donors (Lipinski definition) is 3. The van der Waals surface area contributed by atoms with Crippen molar-refractivity contribution in [2.45, 2.75) is 45.4 Å². The number of carboxylic acids is 2. The zero-order valence-corrected chi connectivity index (χ0v) is 23.9. The molecular formula is C29H37N3O7S. The van der Waals surface area contributed by atoms with E-state index in [-0.39, 0.29) is 0 Å². The highest BCUT2D eigenvalue weighted by Crippen LogP contribution is 2.30. The summed E-state index contributed by atoms with van der Waals surface area (Å²) in [7, 11) is 3.39. The maximum atomic E-state index is 9.10. The third kappa shape index (κ3) is 9.51. The minimum Gasteiger partial charge on any atom is -0.497 e. The lowest BCUT2D eigenvalue weighted by atomic mass is 10.0. The van der Waals surface area contributed by atoms with Crippen LogP contribution in [0.2, 0.25) is 0 Å². The average Bonchev–Trinajstić information content (AvgIpc) is 3.40. The molecule has 1 fully saturated rings. The van der Waals surface area contributed by atoms with Gasteiger partial charge in [0, 0.05) is 24.5 Å². The van der Waals surface area contributed by atoms with E-state index in [1.807, 2.05) is 18.4 Å². The molecular weight excluding hydrogens is 534 g/mol. The lowest BCUT2D eigenvalue weighted by molar-refractivity contribution is -0.159. The van der Waals surface area contributed by atoms with Crippen LogP contribution in [0, 0.1) is 6.92 Å². The predicted molar refractivity (Wildman–Crippen MR) is 152 cm³/mol. The Morgan fingerprint density at radius 2 is 1.70 bits per heavy atom. The van der Waals surface area contributed by atoms with Crippen LogP contribution in [0.1, 0.15) is 47.1 Å². The van der Waals surface area contributed by atoms with Crippen LogP contribution in [0.3, 0.4) is 0 Å². The largest absolute Gasteiger partial charge is 0.497 e. The van der Waals surface area contributed by atoms with E-state index in [2.05, 4.69) is 51.6 Å². The summed E-state index contributed by atoms with van der Waals surface area (Å²) >= 11 is 1.63. The number of benzene rings is 2. The second-order valence-corrected chi connectivity index (χ2v) is 10.3. The molecule has 2 aromatic carbocycles. The summed E-state index contributed by atoms with van der Waals surface area (Å²) in [5.74, 6) is -1.27. The van der Waals surface area contributed by atoms with Gasteiger partial charge in [0.1, 0.15) is 12.4 Å². The van der Waals surface area contributed by atoms with Gasteiger partial charge in [-0.3, -0.25) is 4.90 Å². The van der Waals surface area contributed by atoms with Gasteiger partial charge in [-0.2, -0.15) is 0 Å². The van der Waals surface area contributed by atoms with Crippen molar-refractivity contribution in [1.29, 1.82) is 0 Å². The summed E-state index contributed by atoms with van der Waals surface area (Å²) in [6.07, 6.45) is 3.87. The average molecular weight is 572 g/mol. The maximum absolute atomic E-state index is 9.10. The van der Waals surface area contributed by atoms with Gasteiger partial charge in [0.15, 0.2) is 11.5 Å². The Balaban J connectivity index is 0.000000663. The second kappa shape index (κ2) is 15.8. The number of nitrogens with one attached hydrogen (secondary N) is 1. The molecule has 11 heteroatoms. The van der Waals surface area contributed by atoms with Gasteiger partial charge in [-0.1, -0.05) is 24.6 Å². The molecule has 1 unspecified atom stereocenters. The number of aryl methyl sites for hydroxylation is 1. The van der Waals surface area contributed by atoms with E-state index >= 15 is 0 Å². The normalized spacial score (nSPS) is 14.0. The molecule has 1 aliphatic heterocycles. The SMILES string of the molecule is COc1ccc(C(CNCc2ccc(OCc3csc(C)n3)c(OC)c2)N2CCCCC2)cc1.O=C(O)C(=O)O. The highest BCUT2D eigenvalue weighted by molar-refractivity contribution is 7.09. The topological polar surface area (TPSA) is 130 Å². The number of methoxy groups -OCH3 is 2. The number of thiazole rings is 1. The number of aromatic nitrogens is 1. The van der Waals surface area contributed by atoms with Crippen LogP contribution < -0.4 is 19.5 Å². The summed E-state index contributed by atoms with van der Waals surface area (Å²) in [5, 5.41) is 21.5. The number of ether oxygens (including phenoxy) is 3. The Bertz CT molecular complexity index is 1210. The van der Waals surface area contributed by atoms with Crippen molar-refractivity contribution >= 4 is 23.3 Å². The first kappa shape index (κ1) is 30.9. The number of aliphatic carboxylic acids is 2. The molecule has 1 saturated heterocycles. The summed E-state index contributed by atoms with van der Waals surface area (Å²) in [6, 6.07) is 15.0. The van der Waals surface area contributed by atoms with Crippen LogP contribution in [0.5, 0.6) is 17.2 Å². The third-order valence-corrected chi connectivity index (χ3v) is 7.27. The minimum atomic E-state index is -1.82. The highest BCUT2D eigenvalue weighted by atomic mass is 32.1. The van der Waals surface area contributed by atoms with Gasteiger partial charge < -0.3 is 29.7 Å². The fourth-order valence-electron chi connectivity index (χ4n) is 4.43. The highest BCUT2D eigenvalue weighted by Gasteiger charge is 2.22. The smallest absolute Gasteiger partial charge is 0.414 e. The molecule has 3 aromatic rings. The van der Waals surface area contributed by atoms with Gasteiger partial charge in [0.2, 0.25) is 0 Å². The van der Waals surface area contributed by atoms with Crippen LogP contribution in [0.15, 0.2) is 47.8 Å². The zero-order chi connectivity index (χ0) is 28.9. The van der Waals surface area contributed by atoms with E-state index < -0.39 is 11.9 Å². The number of carbonyl (C=O) groups is 2. The molecule has 0 saturated carbocycles. The van der Waals surface area contributed by atoms with E-state index in [0.29, 0.717) is 12.6 Å². The Hall–Kier alpha value is -3.67. The maximum Gasteiger partial charge on any atom is 0.414 e. The van der Waals surface area contributed by atoms with Crippen molar-refractivity contribution in [1.82, 2.24) is 15.2 Å². The molecule has 1 atom stereocenters. The summed E-state index contributed by atoms with van der Waals surface area (Å²) in [4.78, 5) is 25.3. The van der Waals surface area contributed by atoms with Crippen LogP contribution in [-0.4, -0.2) is 65.9 Å². The first-order valence-electron chi connectivity index (χ1n) is 13.1.